The van der Waals surface area contributed by atoms with Gasteiger partial charge >= 0.3 is 0 Å². The number of hydrogen-bond donors (Lipinski definition) is 1. The Morgan fingerprint density at radius 3 is 2.33 bits per heavy atom. The monoisotopic (exact) mass is 339 g/mol. The fourth-order valence-electron chi connectivity index (χ4n) is 2.62. The number of benzene rings is 2. The van der Waals surface area contributed by atoms with Gasteiger partial charge in [0.25, 0.3) is 0 Å². The van der Waals surface area contributed by atoms with Crippen molar-refractivity contribution in [3.63, 3.8) is 0 Å². The Kier molecular flexibility index (Phi) is 5.67. The molecule has 0 saturated heterocycles. The molecule has 0 radical (unpaired) electrons. The summed E-state index contributed by atoms with van der Waals surface area (Å²) < 4.78 is 2.19. The van der Waals surface area contributed by atoms with Crippen molar-refractivity contribution < 1.29 is 5.11 Å². The minimum absolute atomic E-state index is 0.132. The molecule has 0 aliphatic rings. The zero-order valence-electron chi connectivity index (χ0n) is 13.7. The molecule has 24 heavy (non-hydrogen) atoms. The van der Waals surface area contributed by atoms with Crippen molar-refractivity contribution in [2.75, 3.05) is 12.4 Å². The largest absolute Gasteiger partial charge is 0.396 e. The van der Waals surface area contributed by atoms with E-state index >= 15 is 0 Å². The van der Waals surface area contributed by atoms with Crippen LogP contribution in [0.5, 0.6) is 0 Å². The molecule has 1 heterocycles. The Morgan fingerprint density at radius 1 is 1.00 bits per heavy atom. The average molecular weight is 339 g/mol. The summed E-state index contributed by atoms with van der Waals surface area (Å²) in [6, 6.07) is 20.7. The molecule has 2 aromatic carbocycles. The Hall–Kier alpha value is -2.11. The van der Waals surface area contributed by atoms with Gasteiger partial charge in [-0.3, -0.25) is 4.57 Å². The maximum Gasteiger partial charge on any atom is 0.192 e. The van der Waals surface area contributed by atoms with Gasteiger partial charge in [0.2, 0.25) is 0 Å². The Morgan fingerprint density at radius 2 is 1.67 bits per heavy atom. The molecule has 1 N–H and O–H groups in total. The Bertz CT molecular complexity index is 759. The molecule has 5 heteroatoms. The number of aliphatic hydroxyl groups is 1. The smallest absolute Gasteiger partial charge is 0.192 e. The van der Waals surface area contributed by atoms with Crippen molar-refractivity contribution in [3.05, 3.63) is 66.2 Å². The Labute approximate surface area is 146 Å². The van der Waals surface area contributed by atoms with Crippen LogP contribution in [0.3, 0.4) is 0 Å². The van der Waals surface area contributed by atoms with Crippen LogP contribution in [0.4, 0.5) is 0 Å². The van der Waals surface area contributed by atoms with Gasteiger partial charge in [0.1, 0.15) is 0 Å². The van der Waals surface area contributed by atoms with Gasteiger partial charge < -0.3 is 5.11 Å². The SMILES string of the molecule is CC(c1ccccc1)n1c(SCCCO)nnc1-c1ccccc1. The van der Waals surface area contributed by atoms with E-state index < -0.39 is 0 Å². The van der Waals surface area contributed by atoms with E-state index in [4.69, 9.17) is 5.11 Å². The second-order valence-electron chi connectivity index (χ2n) is 5.55. The molecule has 3 aromatic rings. The number of thioether (sulfide) groups is 1. The van der Waals surface area contributed by atoms with Crippen molar-refractivity contribution in [2.24, 2.45) is 0 Å². The van der Waals surface area contributed by atoms with Crippen molar-refractivity contribution in [3.8, 4) is 11.4 Å². The van der Waals surface area contributed by atoms with Crippen LogP contribution in [0.15, 0.2) is 65.8 Å². The summed E-state index contributed by atoms with van der Waals surface area (Å²) in [4.78, 5) is 0. The zero-order valence-corrected chi connectivity index (χ0v) is 14.5. The van der Waals surface area contributed by atoms with Gasteiger partial charge in [-0.2, -0.15) is 0 Å². The summed E-state index contributed by atoms with van der Waals surface area (Å²) in [6.45, 7) is 2.36. The third-order valence-electron chi connectivity index (χ3n) is 3.90. The first-order valence-corrected chi connectivity index (χ1v) is 9.08. The highest BCUT2D eigenvalue weighted by Gasteiger charge is 2.20. The van der Waals surface area contributed by atoms with Crippen molar-refractivity contribution in [1.29, 1.82) is 0 Å². The van der Waals surface area contributed by atoms with Crippen LogP contribution in [0, 0.1) is 0 Å². The second-order valence-corrected chi connectivity index (χ2v) is 6.62. The average Bonchev–Trinajstić information content (AvgIpc) is 3.06. The minimum atomic E-state index is 0.132. The molecule has 1 aromatic heterocycles. The third-order valence-corrected chi connectivity index (χ3v) is 4.93. The fraction of sp³-hybridized carbons (Fsp3) is 0.263. The van der Waals surface area contributed by atoms with Gasteiger partial charge in [-0.1, -0.05) is 72.4 Å². The van der Waals surface area contributed by atoms with E-state index in [-0.39, 0.29) is 12.6 Å². The second kappa shape index (κ2) is 8.13. The highest BCUT2D eigenvalue weighted by molar-refractivity contribution is 7.99. The summed E-state index contributed by atoms with van der Waals surface area (Å²) >= 11 is 1.64. The molecular formula is C19H21N3OS. The lowest BCUT2D eigenvalue weighted by Gasteiger charge is -2.18. The first-order chi connectivity index (χ1) is 11.8. The van der Waals surface area contributed by atoms with Crippen LogP contribution >= 0.6 is 11.8 Å². The van der Waals surface area contributed by atoms with E-state index in [1.807, 2.05) is 24.3 Å². The number of aliphatic hydroxyl groups excluding tert-OH is 1. The predicted octanol–water partition coefficient (Wildman–Crippen LogP) is 4.03. The zero-order chi connectivity index (χ0) is 16.8. The lowest BCUT2D eigenvalue weighted by molar-refractivity contribution is 0.296. The standard InChI is InChI=1S/C19H21N3OS/c1-15(16-9-4-2-5-10-16)22-18(17-11-6-3-7-12-17)20-21-19(22)24-14-8-13-23/h2-7,9-12,15,23H,8,13-14H2,1H3. The van der Waals surface area contributed by atoms with E-state index in [1.54, 1.807) is 11.8 Å². The molecule has 1 atom stereocenters. The summed E-state index contributed by atoms with van der Waals surface area (Å²) in [6.07, 6.45) is 0.748. The summed E-state index contributed by atoms with van der Waals surface area (Å²) in [5, 5.41) is 18.8. The number of nitrogens with zero attached hydrogens (tertiary/aromatic N) is 3. The molecule has 0 aliphatic carbocycles. The fourth-order valence-corrected chi connectivity index (χ4v) is 3.56. The molecule has 4 nitrogen and oxygen atoms in total. The molecule has 0 spiro atoms. The molecule has 0 fully saturated rings. The molecule has 0 amide bonds. The van der Waals surface area contributed by atoms with E-state index in [2.05, 4.69) is 58.1 Å². The molecule has 0 aliphatic heterocycles. The van der Waals surface area contributed by atoms with E-state index in [0.29, 0.717) is 0 Å². The van der Waals surface area contributed by atoms with Crippen LogP contribution in [0.25, 0.3) is 11.4 Å². The van der Waals surface area contributed by atoms with E-state index in [9.17, 15) is 0 Å². The molecule has 0 bridgehead atoms. The van der Waals surface area contributed by atoms with Crippen LogP contribution in [-0.2, 0) is 0 Å². The predicted molar refractivity (Wildman–Crippen MR) is 98.1 cm³/mol. The topological polar surface area (TPSA) is 50.9 Å². The number of rotatable bonds is 7. The van der Waals surface area contributed by atoms with E-state index in [1.165, 1.54) is 5.56 Å². The van der Waals surface area contributed by atoms with Gasteiger partial charge in [0, 0.05) is 17.9 Å². The first kappa shape index (κ1) is 16.7. The summed E-state index contributed by atoms with van der Waals surface area (Å²) in [7, 11) is 0. The summed E-state index contributed by atoms with van der Waals surface area (Å²) in [5.41, 5.74) is 2.28. The maximum absolute atomic E-state index is 9.03. The summed E-state index contributed by atoms with van der Waals surface area (Å²) in [5.74, 6) is 1.70. The highest BCUT2D eigenvalue weighted by Crippen LogP contribution is 2.31. The van der Waals surface area contributed by atoms with Crippen molar-refractivity contribution in [1.82, 2.24) is 14.8 Å². The molecular weight excluding hydrogens is 318 g/mol. The van der Waals surface area contributed by atoms with E-state index in [0.717, 1.165) is 28.7 Å². The van der Waals surface area contributed by atoms with Gasteiger partial charge in [-0.25, -0.2) is 0 Å². The van der Waals surface area contributed by atoms with Gasteiger partial charge in [-0.05, 0) is 18.9 Å². The first-order valence-electron chi connectivity index (χ1n) is 8.10. The van der Waals surface area contributed by atoms with Crippen molar-refractivity contribution >= 4 is 11.8 Å². The van der Waals surface area contributed by atoms with Gasteiger partial charge in [0.05, 0.1) is 6.04 Å². The van der Waals surface area contributed by atoms with Crippen LogP contribution in [0.1, 0.15) is 24.9 Å². The lowest BCUT2D eigenvalue weighted by atomic mass is 10.1. The third kappa shape index (κ3) is 3.68. The quantitative estimate of drug-likeness (QED) is 0.521. The van der Waals surface area contributed by atoms with Crippen LogP contribution < -0.4 is 0 Å². The van der Waals surface area contributed by atoms with Gasteiger partial charge in [0.15, 0.2) is 11.0 Å². The Balaban J connectivity index is 2.01. The van der Waals surface area contributed by atoms with Crippen LogP contribution in [-0.4, -0.2) is 32.2 Å². The maximum atomic E-state index is 9.03. The van der Waals surface area contributed by atoms with Crippen LogP contribution in [0.2, 0.25) is 0 Å². The lowest BCUT2D eigenvalue weighted by Crippen LogP contribution is -2.10. The number of aromatic nitrogens is 3. The molecule has 0 saturated carbocycles. The van der Waals surface area contributed by atoms with Gasteiger partial charge in [-0.15, -0.1) is 10.2 Å². The molecule has 124 valence electrons. The minimum Gasteiger partial charge on any atom is -0.396 e. The van der Waals surface area contributed by atoms with Crippen molar-refractivity contribution in [2.45, 2.75) is 24.5 Å². The molecule has 3 rings (SSSR count). The highest BCUT2D eigenvalue weighted by atomic mass is 32.2. The number of hydrogen-bond acceptors (Lipinski definition) is 4. The molecule has 1 unspecified atom stereocenters. The normalized spacial score (nSPS) is 12.2.